The minimum Gasteiger partial charge on any atom is -0.326 e. The summed E-state index contributed by atoms with van der Waals surface area (Å²) in [6.45, 7) is 2.52. The Balaban J connectivity index is 2.10. The van der Waals surface area contributed by atoms with Gasteiger partial charge in [0.15, 0.2) is 0 Å². The van der Waals surface area contributed by atoms with Gasteiger partial charge in [0, 0.05) is 22.9 Å². The second-order valence-electron chi connectivity index (χ2n) is 3.68. The fraction of sp³-hybridized carbons (Fsp3) is 0.500. The third-order valence-corrected chi connectivity index (χ3v) is 3.35. The predicted molar refractivity (Wildman–Crippen MR) is 58.3 cm³/mol. The number of rotatable bonds is 3. The fourth-order valence-electron chi connectivity index (χ4n) is 1.38. The van der Waals surface area contributed by atoms with Crippen LogP contribution in [0.4, 0.5) is 5.00 Å². The van der Waals surface area contributed by atoms with E-state index in [0.29, 0.717) is 6.54 Å². The third kappa shape index (κ3) is 1.96. The standard InChI is InChI=1S/C10H14N2OS/c1-6-4-8(5-11)10(14-6)12-9(13)7-2-3-7/h4,7H,2-3,5,11H2,1H3,(H,12,13). The molecule has 1 aliphatic rings. The maximum Gasteiger partial charge on any atom is 0.228 e. The minimum absolute atomic E-state index is 0.154. The summed E-state index contributed by atoms with van der Waals surface area (Å²) < 4.78 is 0. The molecule has 0 spiro atoms. The van der Waals surface area contributed by atoms with Crippen molar-refractivity contribution in [2.75, 3.05) is 5.32 Å². The van der Waals surface area contributed by atoms with Gasteiger partial charge < -0.3 is 11.1 Å². The Morgan fingerprint density at radius 1 is 1.71 bits per heavy atom. The molecule has 0 saturated heterocycles. The van der Waals surface area contributed by atoms with Gasteiger partial charge in [0.2, 0.25) is 5.91 Å². The highest BCUT2D eigenvalue weighted by Crippen LogP contribution is 2.33. The van der Waals surface area contributed by atoms with Crippen LogP contribution in [0.15, 0.2) is 6.07 Å². The van der Waals surface area contributed by atoms with E-state index in [2.05, 4.69) is 5.32 Å². The first-order valence-corrected chi connectivity index (χ1v) is 5.62. The third-order valence-electron chi connectivity index (χ3n) is 2.34. The Bertz CT molecular complexity index is 355. The monoisotopic (exact) mass is 210 g/mol. The second-order valence-corrected chi connectivity index (χ2v) is 4.94. The Morgan fingerprint density at radius 3 is 3.00 bits per heavy atom. The van der Waals surface area contributed by atoms with Crippen LogP contribution in [-0.2, 0) is 11.3 Å². The van der Waals surface area contributed by atoms with Crippen LogP contribution in [0, 0.1) is 12.8 Å². The molecule has 0 aromatic carbocycles. The van der Waals surface area contributed by atoms with Gasteiger partial charge in [-0.1, -0.05) is 0 Å². The molecule has 0 aliphatic heterocycles. The normalized spacial score (nSPS) is 15.6. The maximum absolute atomic E-state index is 11.5. The first-order chi connectivity index (χ1) is 6.70. The molecule has 1 aliphatic carbocycles. The van der Waals surface area contributed by atoms with Gasteiger partial charge in [-0.2, -0.15) is 0 Å². The number of anilines is 1. The molecule has 76 valence electrons. The first-order valence-electron chi connectivity index (χ1n) is 4.81. The van der Waals surface area contributed by atoms with E-state index in [4.69, 9.17) is 5.73 Å². The van der Waals surface area contributed by atoms with E-state index in [1.54, 1.807) is 11.3 Å². The zero-order valence-electron chi connectivity index (χ0n) is 8.17. The summed E-state index contributed by atoms with van der Waals surface area (Å²) in [5.74, 6) is 0.407. The van der Waals surface area contributed by atoms with Crippen molar-refractivity contribution in [1.29, 1.82) is 0 Å². The molecule has 2 rings (SSSR count). The van der Waals surface area contributed by atoms with Crippen LogP contribution in [0.25, 0.3) is 0 Å². The SMILES string of the molecule is Cc1cc(CN)c(NC(=O)C2CC2)s1. The van der Waals surface area contributed by atoms with Crippen molar-refractivity contribution in [2.45, 2.75) is 26.3 Å². The van der Waals surface area contributed by atoms with Crippen molar-refractivity contribution in [3.8, 4) is 0 Å². The van der Waals surface area contributed by atoms with Crippen molar-refractivity contribution in [3.05, 3.63) is 16.5 Å². The molecule has 3 N–H and O–H groups in total. The van der Waals surface area contributed by atoms with Gasteiger partial charge in [-0.25, -0.2) is 0 Å². The molecule has 4 heteroatoms. The lowest BCUT2D eigenvalue weighted by molar-refractivity contribution is -0.117. The molecular weight excluding hydrogens is 196 g/mol. The molecule has 1 saturated carbocycles. The lowest BCUT2D eigenvalue weighted by atomic mass is 10.3. The van der Waals surface area contributed by atoms with E-state index in [9.17, 15) is 4.79 Å². The lowest BCUT2D eigenvalue weighted by Crippen LogP contribution is -2.13. The van der Waals surface area contributed by atoms with E-state index in [-0.39, 0.29) is 11.8 Å². The molecule has 1 aromatic rings. The van der Waals surface area contributed by atoms with E-state index < -0.39 is 0 Å². The second kappa shape index (κ2) is 3.71. The number of carbonyl (C=O) groups excluding carboxylic acids is 1. The van der Waals surface area contributed by atoms with Crippen LogP contribution < -0.4 is 11.1 Å². The van der Waals surface area contributed by atoms with Gasteiger partial charge in [0.1, 0.15) is 0 Å². The number of aryl methyl sites for hydroxylation is 1. The number of nitrogens with two attached hydrogens (primary N) is 1. The Labute approximate surface area is 87.3 Å². The Kier molecular flexibility index (Phi) is 2.56. The first kappa shape index (κ1) is 9.68. The van der Waals surface area contributed by atoms with Gasteiger partial charge >= 0.3 is 0 Å². The molecule has 3 nitrogen and oxygen atoms in total. The number of hydrogen-bond acceptors (Lipinski definition) is 3. The zero-order chi connectivity index (χ0) is 10.1. The van der Waals surface area contributed by atoms with Crippen LogP contribution in [0.2, 0.25) is 0 Å². The van der Waals surface area contributed by atoms with Gasteiger partial charge in [-0.05, 0) is 25.8 Å². The summed E-state index contributed by atoms with van der Waals surface area (Å²) in [6.07, 6.45) is 2.07. The van der Waals surface area contributed by atoms with Crippen molar-refractivity contribution in [1.82, 2.24) is 0 Å². The molecule has 1 aromatic heterocycles. The molecule has 0 atom stereocenters. The number of amides is 1. The summed E-state index contributed by atoms with van der Waals surface area (Å²) in [5, 5.41) is 3.88. The summed E-state index contributed by atoms with van der Waals surface area (Å²) >= 11 is 1.60. The van der Waals surface area contributed by atoms with E-state index in [0.717, 1.165) is 23.4 Å². The molecule has 1 heterocycles. The van der Waals surface area contributed by atoms with Gasteiger partial charge in [0.05, 0.1) is 5.00 Å². The average Bonchev–Trinajstić information content (AvgIpc) is 2.92. The largest absolute Gasteiger partial charge is 0.326 e. The van der Waals surface area contributed by atoms with E-state index >= 15 is 0 Å². The minimum atomic E-state index is 0.154. The smallest absolute Gasteiger partial charge is 0.228 e. The van der Waals surface area contributed by atoms with Crippen LogP contribution in [-0.4, -0.2) is 5.91 Å². The molecule has 0 bridgehead atoms. The Morgan fingerprint density at radius 2 is 2.43 bits per heavy atom. The molecular formula is C10H14N2OS. The molecule has 1 fully saturated rings. The summed E-state index contributed by atoms with van der Waals surface area (Å²) in [5.41, 5.74) is 6.63. The summed E-state index contributed by atoms with van der Waals surface area (Å²) in [7, 11) is 0. The average molecular weight is 210 g/mol. The summed E-state index contributed by atoms with van der Waals surface area (Å²) in [6, 6.07) is 2.03. The highest BCUT2D eigenvalue weighted by molar-refractivity contribution is 7.16. The van der Waals surface area contributed by atoms with Crippen LogP contribution in [0.5, 0.6) is 0 Å². The number of nitrogens with one attached hydrogen (secondary N) is 1. The fourth-order valence-corrected chi connectivity index (χ4v) is 2.33. The molecule has 1 amide bonds. The predicted octanol–water partition coefficient (Wildman–Crippen LogP) is 1.86. The van der Waals surface area contributed by atoms with Gasteiger partial charge in [-0.3, -0.25) is 4.79 Å². The van der Waals surface area contributed by atoms with Crippen molar-refractivity contribution >= 4 is 22.2 Å². The topological polar surface area (TPSA) is 55.1 Å². The van der Waals surface area contributed by atoms with Gasteiger partial charge in [-0.15, -0.1) is 11.3 Å². The van der Waals surface area contributed by atoms with E-state index in [1.165, 1.54) is 4.88 Å². The van der Waals surface area contributed by atoms with Crippen molar-refractivity contribution < 1.29 is 4.79 Å². The highest BCUT2D eigenvalue weighted by Gasteiger charge is 2.30. The van der Waals surface area contributed by atoms with E-state index in [1.807, 2.05) is 13.0 Å². The van der Waals surface area contributed by atoms with Crippen LogP contribution in [0.1, 0.15) is 23.3 Å². The zero-order valence-corrected chi connectivity index (χ0v) is 8.99. The van der Waals surface area contributed by atoms with Gasteiger partial charge in [0.25, 0.3) is 0 Å². The van der Waals surface area contributed by atoms with Crippen LogP contribution >= 0.6 is 11.3 Å². The molecule has 0 radical (unpaired) electrons. The van der Waals surface area contributed by atoms with Crippen LogP contribution in [0.3, 0.4) is 0 Å². The summed E-state index contributed by atoms with van der Waals surface area (Å²) in [4.78, 5) is 12.7. The maximum atomic E-state index is 11.5. The van der Waals surface area contributed by atoms with Crippen molar-refractivity contribution in [2.24, 2.45) is 11.7 Å². The number of hydrogen-bond donors (Lipinski definition) is 2. The Hall–Kier alpha value is -0.870. The van der Waals surface area contributed by atoms with Crippen molar-refractivity contribution in [3.63, 3.8) is 0 Å². The lowest BCUT2D eigenvalue weighted by Gasteiger charge is -2.02. The quantitative estimate of drug-likeness (QED) is 0.800. The number of carbonyl (C=O) groups is 1. The number of thiophene rings is 1. The molecule has 14 heavy (non-hydrogen) atoms. The highest BCUT2D eigenvalue weighted by atomic mass is 32.1. The molecule has 0 unspecified atom stereocenters.